The number of hydrogen-bond donors (Lipinski definition) is 2. The Hall–Kier alpha value is -3.12. The SMILES string of the molecule is CC(O)(CNC(=O)c1cc(Oc2ccccc2)ccn1)c1ccco1. The number of ether oxygens (including phenoxy) is 1. The number of nitrogens with one attached hydrogen (secondary N) is 1. The van der Waals surface area contributed by atoms with Crippen LogP contribution >= 0.6 is 0 Å². The number of aliphatic hydroxyl groups is 1. The molecule has 1 aromatic carbocycles. The van der Waals surface area contributed by atoms with E-state index in [0.717, 1.165) is 0 Å². The Kier molecular flexibility index (Phi) is 4.81. The van der Waals surface area contributed by atoms with E-state index in [4.69, 9.17) is 9.15 Å². The number of carbonyl (C=O) groups excluding carboxylic acids is 1. The second kappa shape index (κ2) is 7.19. The van der Waals surface area contributed by atoms with Gasteiger partial charge in [-0.1, -0.05) is 18.2 Å². The maximum absolute atomic E-state index is 12.3. The molecule has 0 saturated carbocycles. The number of furan rings is 1. The highest BCUT2D eigenvalue weighted by Gasteiger charge is 2.27. The van der Waals surface area contributed by atoms with Crippen molar-refractivity contribution in [3.8, 4) is 11.5 Å². The van der Waals surface area contributed by atoms with Crippen molar-refractivity contribution >= 4 is 5.91 Å². The van der Waals surface area contributed by atoms with Crippen molar-refractivity contribution in [2.24, 2.45) is 0 Å². The van der Waals surface area contributed by atoms with Crippen molar-refractivity contribution in [1.82, 2.24) is 10.3 Å². The molecule has 0 fully saturated rings. The van der Waals surface area contributed by atoms with Crippen LogP contribution in [0.2, 0.25) is 0 Å². The van der Waals surface area contributed by atoms with E-state index in [1.807, 2.05) is 30.3 Å². The van der Waals surface area contributed by atoms with Gasteiger partial charge in [-0.05, 0) is 37.3 Å². The Balaban J connectivity index is 1.65. The first kappa shape index (κ1) is 16.7. The topological polar surface area (TPSA) is 84.6 Å². The molecular weight excluding hydrogens is 320 g/mol. The molecule has 0 aliphatic rings. The molecule has 0 aliphatic carbocycles. The Bertz CT molecular complexity index is 830. The molecule has 0 bridgehead atoms. The van der Waals surface area contributed by atoms with Crippen molar-refractivity contribution in [3.05, 3.63) is 78.5 Å². The third-order valence-corrected chi connectivity index (χ3v) is 3.59. The average molecular weight is 338 g/mol. The third kappa shape index (κ3) is 4.24. The summed E-state index contributed by atoms with van der Waals surface area (Å²) in [5.41, 5.74) is -1.11. The summed E-state index contributed by atoms with van der Waals surface area (Å²) in [5.74, 6) is 1.14. The van der Waals surface area contributed by atoms with Crippen molar-refractivity contribution in [2.45, 2.75) is 12.5 Å². The molecule has 6 heteroatoms. The maximum Gasteiger partial charge on any atom is 0.270 e. The number of amides is 1. The predicted octanol–water partition coefficient (Wildman–Crippen LogP) is 3.10. The second-order valence-corrected chi connectivity index (χ2v) is 5.73. The van der Waals surface area contributed by atoms with Gasteiger partial charge in [0.15, 0.2) is 0 Å². The van der Waals surface area contributed by atoms with Gasteiger partial charge in [-0.15, -0.1) is 0 Å². The highest BCUT2D eigenvalue weighted by Crippen LogP contribution is 2.22. The van der Waals surface area contributed by atoms with Gasteiger partial charge in [-0.2, -0.15) is 0 Å². The number of nitrogens with zero attached hydrogens (tertiary/aromatic N) is 1. The molecule has 3 rings (SSSR count). The molecule has 25 heavy (non-hydrogen) atoms. The zero-order chi connectivity index (χ0) is 17.7. The van der Waals surface area contributed by atoms with Gasteiger partial charge in [0.25, 0.3) is 5.91 Å². The first-order valence-corrected chi connectivity index (χ1v) is 7.78. The van der Waals surface area contributed by atoms with Gasteiger partial charge in [-0.3, -0.25) is 9.78 Å². The van der Waals surface area contributed by atoms with Crippen molar-refractivity contribution in [1.29, 1.82) is 0 Å². The summed E-state index contributed by atoms with van der Waals surface area (Å²) in [6, 6.07) is 15.8. The minimum atomic E-state index is -1.31. The summed E-state index contributed by atoms with van der Waals surface area (Å²) in [6.45, 7) is 1.55. The smallest absolute Gasteiger partial charge is 0.270 e. The summed E-state index contributed by atoms with van der Waals surface area (Å²) in [5, 5.41) is 13.0. The molecule has 1 amide bonds. The van der Waals surface area contributed by atoms with Crippen LogP contribution in [0.25, 0.3) is 0 Å². The lowest BCUT2D eigenvalue weighted by atomic mass is 10.0. The number of rotatable bonds is 6. The first-order chi connectivity index (χ1) is 12.0. The monoisotopic (exact) mass is 338 g/mol. The van der Waals surface area contributed by atoms with Crippen LogP contribution in [0.1, 0.15) is 23.2 Å². The lowest BCUT2D eigenvalue weighted by Crippen LogP contribution is -2.38. The molecule has 0 saturated heterocycles. The van der Waals surface area contributed by atoms with Crippen LogP contribution in [0.15, 0.2) is 71.5 Å². The van der Waals surface area contributed by atoms with Crippen LogP contribution in [-0.4, -0.2) is 22.5 Å². The molecule has 1 atom stereocenters. The zero-order valence-electron chi connectivity index (χ0n) is 13.7. The first-order valence-electron chi connectivity index (χ1n) is 7.78. The Labute approximate surface area is 145 Å². The highest BCUT2D eigenvalue weighted by molar-refractivity contribution is 5.92. The van der Waals surface area contributed by atoms with Gasteiger partial charge in [0, 0.05) is 12.3 Å². The third-order valence-electron chi connectivity index (χ3n) is 3.59. The average Bonchev–Trinajstić information content (AvgIpc) is 3.16. The fourth-order valence-corrected chi connectivity index (χ4v) is 2.24. The van der Waals surface area contributed by atoms with E-state index >= 15 is 0 Å². The number of pyridine rings is 1. The van der Waals surface area contributed by atoms with Crippen molar-refractivity contribution in [2.75, 3.05) is 6.54 Å². The summed E-state index contributed by atoms with van der Waals surface area (Å²) in [7, 11) is 0. The molecule has 1 unspecified atom stereocenters. The molecule has 2 aromatic heterocycles. The molecular formula is C19H18N2O4. The molecule has 3 aromatic rings. The number of para-hydroxylation sites is 1. The zero-order valence-corrected chi connectivity index (χ0v) is 13.7. The molecule has 0 radical (unpaired) electrons. The van der Waals surface area contributed by atoms with Crippen LogP contribution in [0.4, 0.5) is 0 Å². The van der Waals surface area contributed by atoms with Crippen LogP contribution in [0.5, 0.6) is 11.5 Å². The second-order valence-electron chi connectivity index (χ2n) is 5.73. The van der Waals surface area contributed by atoms with Gasteiger partial charge in [-0.25, -0.2) is 0 Å². The quantitative estimate of drug-likeness (QED) is 0.721. The predicted molar refractivity (Wildman–Crippen MR) is 91.4 cm³/mol. The molecule has 2 N–H and O–H groups in total. The summed E-state index contributed by atoms with van der Waals surface area (Å²) in [6.07, 6.45) is 2.97. The normalized spacial score (nSPS) is 13.0. The van der Waals surface area contributed by atoms with Crippen LogP contribution in [0, 0.1) is 0 Å². The summed E-state index contributed by atoms with van der Waals surface area (Å²) in [4.78, 5) is 16.3. The van der Waals surface area contributed by atoms with Gasteiger partial charge in [0.2, 0.25) is 0 Å². The van der Waals surface area contributed by atoms with Gasteiger partial charge >= 0.3 is 0 Å². The fourth-order valence-electron chi connectivity index (χ4n) is 2.24. The molecule has 0 spiro atoms. The number of benzene rings is 1. The van der Waals surface area contributed by atoms with Gasteiger partial charge in [0.05, 0.1) is 12.8 Å². The number of carbonyl (C=O) groups is 1. The van der Waals surface area contributed by atoms with Gasteiger partial charge in [0.1, 0.15) is 28.6 Å². The minimum Gasteiger partial charge on any atom is -0.466 e. The highest BCUT2D eigenvalue weighted by atomic mass is 16.5. The maximum atomic E-state index is 12.3. The Morgan fingerprint density at radius 3 is 2.72 bits per heavy atom. The molecule has 2 heterocycles. The van der Waals surface area contributed by atoms with E-state index in [0.29, 0.717) is 17.3 Å². The lowest BCUT2D eigenvalue weighted by molar-refractivity contribution is 0.0329. The molecule has 128 valence electrons. The van der Waals surface area contributed by atoms with E-state index in [1.54, 1.807) is 31.2 Å². The van der Waals surface area contributed by atoms with E-state index in [1.165, 1.54) is 12.5 Å². The van der Waals surface area contributed by atoms with Crippen LogP contribution in [-0.2, 0) is 5.60 Å². The van der Waals surface area contributed by atoms with E-state index in [-0.39, 0.29) is 12.2 Å². The van der Waals surface area contributed by atoms with Crippen LogP contribution < -0.4 is 10.1 Å². The van der Waals surface area contributed by atoms with Crippen LogP contribution in [0.3, 0.4) is 0 Å². The number of hydrogen-bond acceptors (Lipinski definition) is 5. The Morgan fingerprint density at radius 1 is 1.20 bits per heavy atom. The van der Waals surface area contributed by atoms with Crippen molar-refractivity contribution in [3.63, 3.8) is 0 Å². The Morgan fingerprint density at radius 2 is 2.00 bits per heavy atom. The minimum absolute atomic E-state index is 0.00913. The van der Waals surface area contributed by atoms with Crippen molar-refractivity contribution < 1.29 is 19.1 Å². The largest absolute Gasteiger partial charge is 0.466 e. The summed E-state index contributed by atoms with van der Waals surface area (Å²) < 4.78 is 10.9. The van der Waals surface area contributed by atoms with E-state index < -0.39 is 11.5 Å². The molecule has 0 aliphatic heterocycles. The lowest BCUT2D eigenvalue weighted by Gasteiger charge is -2.21. The van der Waals surface area contributed by atoms with Gasteiger partial charge < -0.3 is 19.6 Å². The van der Waals surface area contributed by atoms with E-state index in [9.17, 15) is 9.90 Å². The summed E-state index contributed by atoms with van der Waals surface area (Å²) >= 11 is 0. The number of aromatic nitrogens is 1. The molecule has 6 nitrogen and oxygen atoms in total. The fraction of sp³-hybridized carbons (Fsp3) is 0.158. The van der Waals surface area contributed by atoms with E-state index in [2.05, 4.69) is 10.3 Å². The standard InChI is InChI=1S/C19H18N2O4/c1-19(23,17-8-5-11-24-17)13-21-18(22)16-12-15(9-10-20-16)25-14-6-3-2-4-7-14/h2-12,23H,13H2,1H3,(H,21,22).